The van der Waals surface area contributed by atoms with Crippen LogP contribution in [0, 0.1) is 23.7 Å². The molecule has 0 aromatic carbocycles. The van der Waals surface area contributed by atoms with E-state index < -0.39 is 11.9 Å². The van der Waals surface area contributed by atoms with Crippen LogP contribution in [0.25, 0.3) is 0 Å². The maximum atomic E-state index is 11.7. The summed E-state index contributed by atoms with van der Waals surface area (Å²) in [6.45, 7) is 13.9. The van der Waals surface area contributed by atoms with Crippen molar-refractivity contribution in [3.05, 3.63) is 0 Å². The second-order valence-corrected chi connectivity index (χ2v) is 20.0. The minimum absolute atomic E-state index is 0.101. The number of carboxylic acids is 2. The second kappa shape index (κ2) is 48.6. The predicted octanol–water partition coefficient (Wildman–Crippen LogP) is 19.1. The first-order chi connectivity index (χ1) is 28.1. The molecule has 1 unspecified atom stereocenters. The molecule has 0 saturated heterocycles. The Bertz CT molecular complexity index is 805. The molecule has 0 aromatic rings. The summed E-state index contributed by atoms with van der Waals surface area (Å²) in [7, 11) is 0. The molecule has 0 aliphatic rings. The maximum Gasteiger partial charge on any atom is 0.306 e. The number of carboxylic acid groups (broad SMARTS) is 2. The summed E-state index contributed by atoms with van der Waals surface area (Å²) in [5.74, 6) is 1.28. The highest BCUT2D eigenvalue weighted by Gasteiger charge is 2.16. The average Bonchev–Trinajstić information content (AvgIpc) is 3.17. The van der Waals surface area contributed by atoms with Crippen LogP contribution in [0.4, 0.5) is 0 Å². The van der Waals surface area contributed by atoms with Crippen molar-refractivity contribution in [1.82, 2.24) is 0 Å². The zero-order valence-corrected chi connectivity index (χ0v) is 40.7. The molecule has 4 heteroatoms. The zero-order chi connectivity index (χ0) is 43.2. The van der Waals surface area contributed by atoms with Gasteiger partial charge in [-0.15, -0.1) is 0 Å². The van der Waals surface area contributed by atoms with E-state index in [-0.39, 0.29) is 5.92 Å². The van der Waals surface area contributed by atoms with E-state index in [4.69, 9.17) is 5.11 Å². The van der Waals surface area contributed by atoms with E-state index in [9.17, 15) is 14.7 Å². The maximum absolute atomic E-state index is 11.7. The summed E-state index contributed by atoms with van der Waals surface area (Å²) in [5, 5.41) is 18.1. The topological polar surface area (TPSA) is 74.6 Å². The van der Waals surface area contributed by atoms with E-state index in [0.717, 1.165) is 56.3 Å². The van der Waals surface area contributed by atoms with Crippen LogP contribution in [0.15, 0.2) is 0 Å². The molecule has 0 fully saturated rings. The van der Waals surface area contributed by atoms with Gasteiger partial charge >= 0.3 is 11.9 Å². The molecule has 0 rings (SSSR count). The van der Waals surface area contributed by atoms with Crippen LogP contribution >= 0.6 is 0 Å². The normalized spacial score (nSPS) is 12.1. The van der Waals surface area contributed by atoms with Crippen LogP contribution < -0.4 is 0 Å². The molecule has 348 valence electrons. The molecule has 0 aromatic heterocycles. The van der Waals surface area contributed by atoms with Crippen molar-refractivity contribution >= 4 is 11.9 Å². The van der Waals surface area contributed by atoms with Gasteiger partial charge in [0.05, 0.1) is 5.92 Å². The lowest BCUT2D eigenvalue weighted by atomic mass is 9.94. The van der Waals surface area contributed by atoms with Crippen LogP contribution in [0.2, 0.25) is 0 Å². The van der Waals surface area contributed by atoms with Gasteiger partial charge < -0.3 is 10.2 Å². The van der Waals surface area contributed by atoms with Gasteiger partial charge in [0, 0.05) is 6.42 Å². The number of carbonyl (C=O) groups is 2. The highest BCUT2D eigenvalue weighted by Crippen LogP contribution is 2.21. The van der Waals surface area contributed by atoms with Gasteiger partial charge in [0.1, 0.15) is 0 Å². The third-order valence-electron chi connectivity index (χ3n) is 12.4. The Morgan fingerprint density at radius 1 is 0.276 bits per heavy atom. The molecule has 0 aliphatic heterocycles. The molecule has 1 atom stereocenters. The van der Waals surface area contributed by atoms with Crippen molar-refractivity contribution in [2.45, 2.75) is 311 Å². The summed E-state index contributed by atoms with van der Waals surface area (Å²) in [6, 6.07) is 0. The van der Waals surface area contributed by atoms with E-state index in [1.807, 2.05) is 0 Å². The van der Waals surface area contributed by atoms with Crippen LogP contribution in [0.1, 0.15) is 311 Å². The fourth-order valence-electron chi connectivity index (χ4n) is 8.41. The van der Waals surface area contributed by atoms with E-state index in [0.29, 0.717) is 6.42 Å². The largest absolute Gasteiger partial charge is 0.481 e. The van der Waals surface area contributed by atoms with E-state index in [2.05, 4.69) is 41.5 Å². The summed E-state index contributed by atoms with van der Waals surface area (Å²) >= 11 is 0. The summed E-state index contributed by atoms with van der Waals surface area (Å²) in [4.78, 5) is 22.0. The Morgan fingerprint density at radius 2 is 0.448 bits per heavy atom. The first-order valence-corrected chi connectivity index (χ1v) is 26.5. The number of hydrogen-bond acceptors (Lipinski definition) is 2. The summed E-state index contributed by atoms with van der Waals surface area (Å²) in [5.41, 5.74) is 0. The molecule has 0 spiro atoms. The van der Waals surface area contributed by atoms with Crippen molar-refractivity contribution in [2.75, 3.05) is 0 Å². The minimum Gasteiger partial charge on any atom is -0.481 e. The number of hydrogen-bond donors (Lipinski definition) is 2. The Hall–Kier alpha value is -1.06. The number of unbranched alkanes of at least 4 members (excludes halogenated alkanes) is 33. The van der Waals surface area contributed by atoms with Crippen LogP contribution in [0.3, 0.4) is 0 Å². The van der Waals surface area contributed by atoms with Crippen molar-refractivity contribution < 1.29 is 19.8 Å². The first-order valence-electron chi connectivity index (χ1n) is 26.5. The molecule has 4 nitrogen and oxygen atoms in total. The molecule has 0 amide bonds. The third kappa shape index (κ3) is 54.9. The second-order valence-electron chi connectivity index (χ2n) is 20.0. The summed E-state index contributed by atoms with van der Waals surface area (Å²) < 4.78 is 0. The lowest BCUT2D eigenvalue weighted by molar-refractivity contribution is -0.142. The molecule has 0 aliphatic carbocycles. The van der Waals surface area contributed by atoms with Gasteiger partial charge in [-0.2, -0.15) is 0 Å². The van der Waals surface area contributed by atoms with Gasteiger partial charge in [-0.05, 0) is 37.0 Å². The predicted molar refractivity (Wildman–Crippen MR) is 257 cm³/mol. The monoisotopic (exact) mass is 821 g/mol. The zero-order valence-electron chi connectivity index (χ0n) is 40.7. The van der Waals surface area contributed by atoms with Crippen LogP contribution in [-0.2, 0) is 9.59 Å². The Kier molecular flexibility index (Phi) is 49.5. The van der Waals surface area contributed by atoms with Gasteiger partial charge in [0.15, 0.2) is 0 Å². The average molecular weight is 821 g/mol. The van der Waals surface area contributed by atoms with E-state index in [1.54, 1.807) is 0 Å². The van der Waals surface area contributed by atoms with Crippen molar-refractivity contribution in [2.24, 2.45) is 23.7 Å². The SMILES string of the molecule is CC(C)CCCCCCCCCCCCCCC(=O)O.CC(C)CCCCCCCCCCCCCCCC(CCCCCCCCCCCCCC(C)C)C(=O)O. The fourth-order valence-corrected chi connectivity index (χ4v) is 8.41. The Morgan fingerprint density at radius 3 is 0.621 bits per heavy atom. The van der Waals surface area contributed by atoms with Crippen molar-refractivity contribution in [3.8, 4) is 0 Å². The number of aliphatic carboxylic acids is 2. The lowest BCUT2D eigenvalue weighted by Gasteiger charge is -2.12. The molecule has 58 heavy (non-hydrogen) atoms. The van der Waals surface area contributed by atoms with Crippen LogP contribution in [-0.4, -0.2) is 22.2 Å². The Balaban J connectivity index is 0. The lowest BCUT2D eigenvalue weighted by Crippen LogP contribution is -2.13. The molecule has 0 saturated carbocycles. The van der Waals surface area contributed by atoms with Gasteiger partial charge in [0.25, 0.3) is 0 Å². The molecule has 0 bridgehead atoms. The van der Waals surface area contributed by atoms with Crippen molar-refractivity contribution in [1.29, 1.82) is 0 Å². The molecule has 0 radical (unpaired) electrons. The third-order valence-corrected chi connectivity index (χ3v) is 12.4. The highest BCUT2D eigenvalue weighted by atomic mass is 16.4. The van der Waals surface area contributed by atoms with Crippen molar-refractivity contribution in [3.63, 3.8) is 0 Å². The standard InChI is InChI=1S/C36H72O2.C18H36O2/c1-33(2)29-25-21-17-13-9-6-5-7-11-15-19-23-27-31-35(36(37)38)32-28-24-20-16-12-8-10-14-18-22-26-30-34(3)4;1-17(2)15-13-11-9-7-5-3-4-6-8-10-12-14-16-18(19)20/h33-35H,5-32H2,1-4H3,(H,37,38);17H,3-16H2,1-2H3,(H,19,20). The number of rotatable bonds is 46. The Labute approximate surface area is 365 Å². The van der Waals surface area contributed by atoms with Gasteiger partial charge in [-0.3, -0.25) is 9.59 Å². The molecular formula is C54H108O4. The quantitative estimate of drug-likeness (QED) is 0.0600. The van der Waals surface area contributed by atoms with Gasteiger partial charge in [-0.1, -0.05) is 286 Å². The minimum atomic E-state index is -0.654. The molecule has 0 heterocycles. The smallest absolute Gasteiger partial charge is 0.306 e. The first kappa shape index (κ1) is 59.0. The highest BCUT2D eigenvalue weighted by molar-refractivity contribution is 5.69. The van der Waals surface area contributed by atoms with Gasteiger partial charge in [0.2, 0.25) is 0 Å². The van der Waals surface area contributed by atoms with Gasteiger partial charge in [-0.25, -0.2) is 0 Å². The van der Waals surface area contributed by atoms with E-state index >= 15 is 0 Å². The molecule has 2 N–H and O–H groups in total. The fraction of sp³-hybridized carbons (Fsp3) is 0.963. The van der Waals surface area contributed by atoms with E-state index in [1.165, 1.54) is 225 Å². The summed E-state index contributed by atoms with van der Waals surface area (Å²) in [6.07, 6.45) is 54.4. The van der Waals surface area contributed by atoms with Crippen LogP contribution in [0.5, 0.6) is 0 Å². The molecular weight excluding hydrogens is 713 g/mol.